The topological polar surface area (TPSA) is 67.4 Å². The smallest absolute Gasteiger partial charge is 0.322 e. The highest BCUT2D eigenvalue weighted by molar-refractivity contribution is 5.89. The third kappa shape index (κ3) is 3.64. The minimum absolute atomic E-state index is 0.153. The van der Waals surface area contributed by atoms with Crippen molar-refractivity contribution >= 4 is 11.7 Å². The van der Waals surface area contributed by atoms with Crippen molar-refractivity contribution in [3.8, 4) is 16.9 Å². The van der Waals surface area contributed by atoms with E-state index in [9.17, 15) is 9.18 Å². The summed E-state index contributed by atoms with van der Waals surface area (Å²) in [6.45, 7) is 2.60. The Kier molecular flexibility index (Phi) is 4.89. The number of hydrogen-bond acceptors (Lipinski definition) is 4. The van der Waals surface area contributed by atoms with Crippen LogP contribution in [0.1, 0.15) is 12.5 Å². The molecule has 142 valence electrons. The number of rotatable bonds is 2. The molecule has 1 aromatic heterocycles. The molecule has 1 N–H and O–H groups in total. The molecule has 1 aliphatic heterocycles. The van der Waals surface area contributed by atoms with Crippen LogP contribution in [0.15, 0.2) is 61.2 Å². The molecule has 0 aliphatic carbocycles. The number of fused-ring (bicyclic) bond motifs is 1. The Morgan fingerprint density at radius 3 is 2.75 bits per heavy atom. The number of nitrogens with zero attached hydrogens (tertiary/aromatic N) is 3. The number of para-hydroxylation sites is 1. The maximum Gasteiger partial charge on any atom is 0.322 e. The lowest BCUT2D eigenvalue weighted by Gasteiger charge is -2.26. The van der Waals surface area contributed by atoms with Crippen molar-refractivity contribution in [2.24, 2.45) is 0 Å². The van der Waals surface area contributed by atoms with Crippen molar-refractivity contribution in [2.75, 3.05) is 11.9 Å². The summed E-state index contributed by atoms with van der Waals surface area (Å²) in [4.78, 5) is 22.6. The molecule has 3 aromatic rings. The Bertz CT molecular complexity index is 997. The predicted molar refractivity (Wildman–Crippen MR) is 103 cm³/mol. The molecule has 0 fully saturated rings. The molecule has 0 radical (unpaired) electrons. The van der Waals surface area contributed by atoms with E-state index in [4.69, 9.17) is 4.74 Å². The first-order chi connectivity index (χ1) is 13.6. The molecule has 0 bridgehead atoms. The number of halogens is 1. The van der Waals surface area contributed by atoms with Gasteiger partial charge in [0.15, 0.2) is 0 Å². The van der Waals surface area contributed by atoms with Gasteiger partial charge in [0.25, 0.3) is 0 Å². The van der Waals surface area contributed by atoms with Gasteiger partial charge in [-0.2, -0.15) is 0 Å². The van der Waals surface area contributed by atoms with Crippen LogP contribution in [0.2, 0.25) is 0 Å². The molecule has 0 spiro atoms. The minimum Gasteiger partial charge on any atom is -0.491 e. The molecule has 2 amide bonds. The lowest BCUT2D eigenvalue weighted by Crippen LogP contribution is -2.42. The zero-order chi connectivity index (χ0) is 19.5. The van der Waals surface area contributed by atoms with Crippen molar-refractivity contribution in [3.05, 3.63) is 72.6 Å². The van der Waals surface area contributed by atoms with Gasteiger partial charge in [0.2, 0.25) is 0 Å². The number of benzene rings is 2. The van der Waals surface area contributed by atoms with E-state index < -0.39 is 5.82 Å². The summed E-state index contributed by atoms with van der Waals surface area (Å²) in [5.74, 6) is 0.259. The van der Waals surface area contributed by atoms with Crippen LogP contribution in [-0.4, -0.2) is 33.5 Å². The Morgan fingerprint density at radius 1 is 1.18 bits per heavy atom. The zero-order valence-electron chi connectivity index (χ0n) is 15.3. The molecular formula is C21H19FN4O2. The fourth-order valence-electron chi connectivity index (χ4n) is 3.13. The number of aromatic nitrogens is 2. The maximum atomic E-state index is 13.9. The average Bonchev–Trinajstić information content (AvgIpc) is 2.89. The van der Waals surface area contributed by atoms with Crippen LogP contribution in [0.5, 0.6) is 5.75 Å². The van der Waals surface area contributed by atoms with Crippen LogP contribution >= 0.6 is 0 Å². The Morgan fingerprint density at radius 2 is 1.96 bits per heavy atom. The van der Waals surface area contributed by atoms with Crippen LogP contribution in [-0.2, 0) is 6.54 Å². The van der Waals surface area contributed by atoms with E-state index in [-0.39, 0.29) is 17.8 Å². The molecule has 1 aliphatic rings. The standard InChI is InChI=1S/C21H19FN4O2/c1-14-12-28-20-7-6-15(17-9-23-13-24-10-17)8-16(20)11-26(14)21(27)25-19-5-3-2-4-18(19)22/h2-10,13-14H,11-12H2,1H3,(H,25,27)/t14-/m0/s1. The fourth-order valence-corrected chi connectivity index (χ4v) is 3.13. The number of carbonyl (C=O) groups is 1. The van der Waals surface area contributed by atoms with Gasteiger partial charge in [-0.1, -0.05) is 18.2 Å². The highest BCUT2D eigenvalue weighted by Gasteiger charge is 2.26. The van der Waals surface area contributed by atoms with Crippen LogP contribution in [0.4, 0.5) is 14.9 Å². The normalized spacial score (nSPS) is 15.9. The summed E-state index contributed by atoms with van der Waals surface area (Å²) in [5.41, 5.74) is 2.84. The number of nitrogens with one attached hydrogen (secondary N) is 1. The number of carbonyl (C=O) groups excluding carboxylic acids is 1. The number of urea groups is 1. The van der Waals surface area contributed by atoms with E-state index >= 15 is 0 Å². The molecule has 6 nitrogen and oxygen atoms in total. The van der Waals surface area contributed by atoms with Crippen molar-refractivity contribution in [1.82, 2.24) is 14.9 Å². The molecular weight excluding hydrogens is 359 g/mol. The van der Waals surface area contributed by atoms with Crippen LogP contribution in [0.3, 0.4) is 0 Å². The second kappa shape index (κ2) is 7.64. The monoisotopic (exact) mass is 378 g/mol. The van der Waals surface area contributed by atoms with Crippen molar-refractivity contribution in [2.45, 2.75) is 19.5 Å². The van der Waals surface area contributed by atoms with Crippen LogP contribution < -0.4 is 10.1 Å². The zero-order valence-corrected chi connectivity index (χ0v) is 15.3. The van der Waals surface area contributed by atoms with Gasteiger partial charge in [-0.05, 0) is 36.8 Å². The number of ether oxygens (including phenoxy) is 1. The molecule has 4 rings (SSSR count). The van der Waals surface area contributed by atoms with Gasteiger partial charge in [0.1, 0.15) is 24.5 Å². The van der Waals surface area contributed by atoms with E-state index in [0.29, 0.717) is 13.2 Å². The number of amides is 2. The largest absolute Gasteiger partial charge is 0.491 e. The fraction of sp³-hybridized carbons (Fsp3) is 0.190. The van der Waals surface area contributed by atoms with Gasteiger partial charge < -0.3 is 15.0 Å². The van der Waals surface area contributed by atoms with Gasteiger partial charge in [-0.15, -0.1) is 0 Å². The van der Waals surface area contributed by atoms with Crippen molar-refractivity contribution in [1.29, 1.82) is 0 Å². The molecule has 28 heavy (non-hydrogen) atoms. The summed E-state index contributed by atoms with van der Waals surface area (Å²) >= 11 is 0. The summed E-state index contributed by atoms with van der Waals surface area (Å²) < 4.78 is 19.8. The van der Waals surface area contributed by atoms with Crippen molar-refractivity contribution in [3.63, 3.8) is 0 Å². The van der Waals surface area contributed by atoms with Crippen LogP contribution in [0, 0.1) is 5.82 Å². The first-order valence-electron chi connectivity index (χ1n) is 8.95. The lowest BCUT2D eigenvalue weighted by atomic mass is 10.0. The number of anilines is 1. The second-order valence-electron chi connectivity index (χ2n) is 6.65. The van der Waals surface area contributed by atoms with Crippen molar-refractivity contribution < 1.29 is 13.9 Å². The molecule has 0 saturated heterocycles. The molecule has 2 aromatic carbocycles. The van der Waals surface area contributed by atoms with E-state index in [1.54, 1.807) is 29.4 Å². The SMILES string of the molecule is C[C@H]1COc2ccc(-c3cncnc3)cc2CN1C(=O)Nc1ccccc1F. The molecule has 0 unspecified atom stereocenters. The Balaban J connectivity index is 1.61. The minimum atomic E-state index is -0.471. The van der Waals surface area contributed by atoms with E-state index in [0.717, 1.165) is 22.4 Å². The highest BCUT2D eigenvalue weighted by atomic mass is 19.1. The van der Waals surface area contributed by atoms with Gasteiger partial charge in [0, 0.05) is 23.5 Å². The third-order valence-corrected chi connectivity index (χ3v) is 4.68. The maximum absolute atomic E-state index is 13.9. The van der Waals surface area contributed by atoms with E-state index in [1.165, 1.54) is 18.5 Å². The average molecular weight is 378 g/mol. The summed E-state index contributed by atoms with van der Waals surface area (Å²) in [6.07, 6.45) is 4.95. The van der Waals surface area contributed by atoms with E-state index in [2.05, 4.69) is 15.3 Å². The van der Waals surface area contributed by atoms with Gasteiger partial charge in [0.05, 0.1) is 18.3 Å². The van der Waals surface area contributed by atoms with E-state index in [1.807, 2.05) is 25.1 Å². The molecule has 1 atom stereocenters. The second-order valence-corrected chi connectivity index (χ2v) is 6.65. The van der Waals surface area contributed by atoms with Gasteiger partial charge >= 0.3 is 6.03 Å². The first-order valence-corrected chi connectivity index (χ1v) is 8.95. The summed E-state index contributed by atoms with van der Waals surface area (Å²) in [5, 5.41) is 2.65. The molecule has 7 heteroatoms. The summed E-state index contributed by atoms with van der Waals surface area (Å²) in [7, 11) is 0. The van der Waals surface area contributed by atoms with Crippen LogP contribution in [0.25, 0.3) is 11.1 Å². The summed E-state index contributed by atoms with van der Waals surface area (Å²) in [6, 6.07) is 11.4. The predicted octanol–water partition coefficient (Wildman–Crippen LogP) is 4.10. The van der Waals surface area contributed by atoms with Gasteiger partial charge in [-0.25, -0.2) is 19.2 Å². The highest BCUT2D eigenvalue weighted by Crippen LogP contribution is 2.30. The molecule has 2 heterocycles. The Labute approximate surface area is 162 Å². The third-order valence-electron chi connectivity index (χ3n) is 4.68. The lowest BCUT2D eigenvalue weighted by molar-refractivity contribution is 0.167. The molecule has 0 saturated carbocycles. The Hall–Kier alpha value is -3.48. The quantitative estimate of drug-likeness (QED) is 0.729. The number of hydrogen-bond donors (Lipinski definition) is 1. The van der Waals surface area contributed by atoms with Gasteiger partial charge in [-0.3, -0.25) is 0 Å². The first kappa shape index (κ1) is 17.9.